The number of hydrogen-bond acceptors (Lipinski definition) is 3. The average molecular weight is 343 g/mol. The van der Waals surface area contributed by atoms with Crippen molar-refractivity contribution in [3.8, 4) is 0 Å². The largest absolute Gasteiger partial charge is 0.335 e. The number of imidazole rings is 1. The third-order valence-corrected chi connectivity index (χ3v) is 6.82. The Bertz CT molecular complexity index is 742. The normalized spacial score (nSPS) is 11.9. The molecule has 0 spiro atoms. The van der Waals surface area contributed by atoms with Crippen LogP contribution in [0.4, 0.5) is 0 Å². The third kappa shape index (κ3) is 3.43. The predicted octanol–water partition coefficient (Wildman–Crippen LogP) is 5.40. The van der Waals surface area contributed by atoms with E-state index in [0.717, 1.165) is 18.1 Å². The van der Waals surface area contributed by atoms with Crippen molar-refractivity contribution in [1.29, 1.82) is 0 Å². The number of thioether (sulfide) groups is 2. The van der Waals surface area contributed by atoms with Crippen LogP contribution >= 0.6 is 23.5 Å². The van der Waals surface area contributed by atoms with Crippen molar-refractivity contribution < 1.29 is 0 Å². The molecule has 0 aliphatic rings. The molecule has 0 radical (unpaired) electrons. The molecule has 0 saturated carbocycles. The summed E-state index contributed by atoms with van der Waals surface area (Å²) < 4.78 is 2.21. The molecule has 2 nitrogen and oxygen atoms in total. The van der Waals surface area contributed by atoms with E-state index in [-0.39, 0.29) is 4.08 Å². The maximum Gasteiger partial charge on any atom is 0.104 e. The van der Waals surface area contributed by atoms with Crippen molar-refractivity contribution in [2.45, 2.75) is 24.5 Å². The first-order valence-electron chi connectivity index (χ1n) is 8.01. The Morgan fingerprint density at radius 1 is 1.00 bits per heavy atom. The molecular formula is C19H22N2S2. The first kappa shape index (κ1) is 16.5. The standard InChI is InChI=1S/C19H22N2S2/c1-3-22-19(23-4-2,14-21-13-12-20-15-21)18-11-7-9-16-8-5-6-10-17(16)18/h5-13,15H,3-4,14H2,1-2H3. The summed E-state index contributed by atoms with van der Waals surface area (Å²) in [4.78, 5) is 4.23. The summed E-state index contributed by atoms with van der Waals surface area (Å²) in [5.74, 6) is 2.18. The van der Waals surface area contributed by atoms with E-state index in [1.165, 1.54) is 16.3 Å². The number of aromatic nitrogens is 2. The first-order chi connectivity index (χ1) is 11.3. The van der Waals surface area contributed by atoms with Gasteiger partial charge in [-0.15, -0.1) is 23.5 Å². The molecule has 0 unspecified atom stereocenters. The molecule has 0 aliphatic heterocycles. The highest BCUT2D eigenvalue weighted by molar-refractivity contribution is 8.17. The Labute approximate surface area is 146 Å². The van der Waals surface area contributed by atoms with Crippen molar-refractivity contribution >= 4 is 34.3 Å². The molecule has 0 atom stereocenters. The minimum atomic E-state index is 0.00502. The molecule has 4 heteroatoms. The summed E-state index contributed by atoms with van der Waals surface area (Å²) in [6.45, 7) is 5.42. The molecule has 120 valence electrons. The fourth-order valence-corrected chi connectivity index (χ4v) is 6.14. The van der Waals surface area contributed by atoms with Crippen LogP contribution in [-0.4, -0.2) is 21.1 Å². The fourth-order valence-electron chi connectivity index (χ4n) is 3.02. The number of fused-ring (bicyclic) bond motifs is 1. The van der Waals surface area contributed by atoms with Crippen molar-refractivity contribution in [2.75, 3.05) is 11.5 Å². The smallest absolute Gasteiger partial charge is 0.104 e. The summed E-state index contributed by atoms with van der Waals surface area (Å²) in [5, 5.41) is 2.67. The predicted molar refractivity (Wildman–Crippen MR) is 104 cm³/mol. The maximum atomic E-state index is 4.23. The molecule has 23 heavy (non-hydrogen) atoms. The van der Waals surface area contributed by atoms with Gasteiger partial charge in [-0.3, -0.25) is 0 Å². The van der Waals surface area contributed by atoms with Crippen molar-refractivity contribution in [1.82, 2.24) is 9.55 Å². The topological polar surface area (TPSA) is 17.8 Å². The van der Waals surface area contributed by atoms with E-state index in [1.807, 2.05) is 36.0 Å². The highest BCUT2D eigenvalue weighted by Gasteiger charge is 2.34. The number of rotatable bonds is 7. The third-order valence-electron chi connectivity index (χ3n) is 3.90. The lowest BCUT2D eigenvalue weighted by Crippen LogP contribution is -2.25. The minimum Gasteiger partial charge on any atom is -0.335 e. The van der Waals surface area contributed by atoms with E-state index in [2.05, 4.69) is 72.1 Å². The van der Waals surface area contributed by atoms with E-state index >= 15 is 0 Å². The molecule has 3 aromatic rings. The van der Waals surface area contributed by atoms with Gasteiger partial charge in [0.2, 0.25) is 0 Å². The van der Waals surface area contributed by atoms with Crippen molar-refractivity contribution in [2.24, 2.45) is 0 Å². The SMILES string of the molecule is CCSC(Cn1ccnc1)(SCC)c1cccc2ccccc12. The van der Waals surface area contributed by atoms with Crippen LogP contribution in [0.5, 0.6) is 0 Å². The molecule has 2 aromatic carbocycles. The summed E-state index contributed by atoms with van der Waals surface area (Å²) in [6.07, 6.45) is 5.85. The fraction of sp³-hybridized carbons (Fsp3) is 0.316. The molecule has 0 N–H and O–H groups in total. The summed E-state index contributed by atoms with van der Waals surface area (Å²) in [6, 6.07) is 15.4. The van der Waals surface area contributed by atoms with Gasteiger partial charge in [-0.1, -0.05) is 56.3 Å². The Kier molecular flexibility index (Phi) is 5.34. The first-order valence-corrected chi connectivity index (χ1v) is 9.98. The van der Waals surface area contributed by atoms with Gasteiger partial charge < -0.3 is 4.57 Å². The molecular weight excluding hydrogens is 320 g/mol. The quantitative estimate of drug-likeness (QED) is 0.536. The van der Waals surface area contributed by atoms with Gasteiger partial charge in [-0.2, -0.15) is 0 Å². The zero-order valence-electron chi connectivity index (χ0n) is 13.6. The lowest BCUT2D eigenvalue weighted by atomic mass is 10.0. The van der Waals surface area contributed by atoms with Gasteiger partial charge in [0.25, 0.3) is 0 Å². The number of hydrogen-bond donors (Lipinski definition) is 0. The van der Waals surface area contributed by atoms with Gasteiger partial charge in [0.15, 0.2) is 0 Å². The molecule has 1 heterocycles. The minimum absolute atomic E-state index is 0.00502. The second kappa shape index (κ2) is 7.45. The van der Waals surface area contributed by atoms with Crippen molar-refractivity contribution in [3.63, 3.8) is 0 Å². The van der Waals surface area contributed by atoms with E-state index in [0.29, 0.717) is 0 Å². The average Bonchev–Trinajstić information content (AvgIpc) is 3.07. The van der Waals surface area contributed by atoms with Gasteiger partial charge in [-0.25, -0.2) is 4.98 Å². The number of nitrogens with zero attached hydrogens (tertiary/aromatic N) is 2. The van der Waals surface area contributed by atoms with Gasteiger partial charge in [0, 0.05) is 12.4 Å². The van der Waals surface area contributed by atoms with E-state index in [1.54, 1.807) is 0 Å². The Hall–Kier alpha value is -1.39. The molecule has 0 fully saturated rings. The monoisotopic (exact) mass is 342 g/mol. The molecule has 0 aliphatic carbocycles. The lowest BCUT2D eigenvalue weighted by molar-refractivity contribution is 0.652. The second-order valence-electron chi connectivity index (χ2n) is 5.38. The Balaban J connectivity index is 2.15. The van der Waals surface area contributed by atoms with E-state index in [9.17, 15) is 0 Å². The number of benzene rings is 2. The maximum absolute atomic E-state index is 4.23. The van der Waals surface area contributed by atoms with Crippen LogP contribution in [0, 0.1) is 0 Å². The summed E-state index contributed by atoms with van der Waals surface area (Å²) >= 11 is 4.06. The second-order valence-corrected chi connectivity index (χ2v) is 8.76. The molecule has 0 saturated heterocycles. The zero-order valence-corrected chi connectivity index (χ0v) is 15.2. The molecule has 0 amide bonds. The molecule has 3 rings (SSSR count). The van der Waals surface area contributed by atoms with E-state index in [4.69, 9.17) is 0 Å². The highest BCUT2D eigenvalue weighted by Crippen LogP contribution is 2.49. The van der Waals surface area contributed by atoms with Crippen molar-refractivity contribution in [3.05, 3.63) is 66.7 Å². The Morgan fingerprint density at radius 2 is 1.74 bits per heavy atom. The van der Waals surface area contributed by atoms with Crippen LogP contribution in [0.3, 0.4) is 0 Å². The highest BCUT2D eigenvalue weighted by atomic mass is 32.2. The van der Waals surface area contributed by atoms with Crippen LogP contribution < -0.4 is 0 Å². The van der Waals surface area contributed by atoms with Gasteiger partial charge in [0.1, 0.15) is 4.08 Å². The summed E-state index contributed by atoms with van der Waals surface area (Å²) in [5.41, 5.74) is 1.42. The van der Waals surface area contributed by atoms with Gasteiger partial charge >= 0.3 is 0 Å². The van der Waals surface area contributed by atoms with Gasteiger partial charge in [-0.05, 0) is 27.8 Å². The van der Waals surface area contributed by atoms with Crippen LogP contribution in [0.25, 0.3) is 10.8 Å². The van der Waals surface area contributed by atoms with Crippen LogP contribution in [0.2, 0.25) is 0 Å². The lowest BCUT2D eigenvalue weighted by Gasteiger charge is -2.34. The molecule has 0 bridgehead atoms. The molecule has 1 aromatic heterocycles. The Morgan fingerprint density at radius 3 is 2.43 bits per heavy atom. The van der Waals surface area contributed by atoms with Crippen LogP contribution in [0.15, 0.2) is 61.2 Å². The van der Waals surface area contributed by atoms with E-state index < -0.39 is 0 Å². The van der Waals surface area contributed by atoms with Crippen LogP contribution in [0.1, 0.15) is 19.4 Å². The van der Waals surface area contributed by atoms with Crippen LogP contribution in [-0.2, 0) is 10.6 Å². The van der Waals surface area contributed by atoms with Gasteiger partial charge in [0.05, 0.1) is 12.9 Å². The summed E-state index contributed by atoms with van der Waals surface area (Å²) in [7, 11) is 0. The zero-order chi connectivity index (χ0) is 16.1.